The molecule has 0 aliphatic carbocycles. The third kappa shape index (κ3) is 17.1. The Morgan fingerprint density at radius 1 is 0.941 bits per heavy atom. The van der Waals surface area contributed by atoms with Gasteiger partial charge in [0, 0.05) is 19.0 Å². The predicted octanol–water partition coefficient (Wildman–Crippen LogP) is 4.50. The van der Waals surface area contributed by atoms with Gasteiger partial charge in [0.25, 0.3) is 0 Å². The first-order valence-electron chi connectivity index (χ1n) is 7.04. The molecular formula is C13H28Br2Si2. The zero-order valence-electron chi connectivity index (χ0n) is 11.5. The molecule has 0 rings (SSSR count). The Bertz CT molecular complexity index is 190. The lowest BCUT2D eigenvalue weighted by Crippen LogP contribution is -1.98. The van der Waals surface area contributed by atoms with Crippen LogP contribution in [0.4, 0.5) is 0 Å². The van der Waals surface area contributed by atoms with Crippen LogP contribution in [0.2, 0.25) is 12.1 Å². The monoisotopic (exact) mass is 398 g/mol. The van der Waals surface area contributed by atoms with Crippen molar-refractivity contribution in [1.29, 1.82) is 0 Å². The van der Waals surface area contributed by atoms with E-state index in [2.05, 4.69) is 51.4 Å². The van der Waals surface area contributed by atoms with Gasteiger partial charge in [0.1, 0.15) is 0 Å². The van der Waals surface area contributed by atoms with E-state index in [1.807, 2.05) is 0 Å². The molecule has 0 bridgehead atoms. The predicted molar refractivity (Wildman–Crippen MR) is 95.5 cm³/mol. The molecule has 0 aromatic carbocycles. The van der Waals surface area contributed by atoms with Crippen LogP contribution in [0.3, 0.4) is 0 Å². The molecule has 0 amide bonds. The largest absolute Gasteiger partial charge is 0.103 e. The molecule has 0 atom stereocenters. The minimum Gasteiger partial charge on any atom is -0.103 e. The fourth-order valence-electron chi connectivity index (χ4n) is 1.89. The average Bonchev–Trinajstić information content (AvgIpc) is 2.25. The molecule has 0 N–H and O–H groups in total. The van der Waals surface area contributed by atoms with Crippen LogP contribution < -0.4 is 0 Å². The number of alkyl halides is 2. The maximum Gasteiger partial charge on any atom is 0.0551 e. The highest BCUT2D eigenvalue weighted by molar-refractivity contribution is 9.25. The summed E-state index contributed by atoms with van der Waals surface area (Å²) in [6.45, 7) is 4.45. The summed E-state index contributed by atoms with van der Waals surface area (Å²) >= 11 is 7.16. The van der Waals surface area contributed by atoms with Crippen molar-refractivity contribution in [2.75, 3.05) is 0 Å². The van der Waals surface area contributed by atoms with Gasteiger partial charge in [-0.25, -0.2) is 0 Å². The van der Waals surface area contributed by atoms with Gasteiger partial charge in [-0.05, 0) is 13.8 Å². The molecule has 17 heavy (non-hydrogen) atoms. The molecule has 102 valence electrons. The molecule has 0 unspecified atom stereocenters. The molecule has 0 fully saturated rings. The van der Waals surface area contributed by atoms with Crippen molar-refractivity contribution in [3.8, 4) is 0 Å². The maximum absolute atomic E-state index is 3.58. The quantitative estimate of drug-likeness (QED) is 0.272. The lowest BCUT2D eigenvalue weighted by Gasteiger charge is -2.02. The SMILES string of the molecule is CC(C)=C[SiH2]CCCCCCCC[SiH2]C(Br)Br. The van der Waals surface area contributed by atoms with E-state index >= 15 is 0 Å². The molecule has 0 saturated carbocycles. The van der Waals surface area contributed by atoms with E-state index in [1.54, 1.807) is 0 Å². The van der Waals surface area contributed by atoms with Gasteiger partial charge in [-0.2, -0.15) is 0 Å². The lowest BCUT2D eigenvalue weighted by atomic mass is 10.1. The summed E-state index contributed by atoms with van der Waals surface area (Å²) in [4.78, 5) is 0. The van der Waals surface area contributed by atoms with Gasteiger partial charge in [0.05, 0.1) is 3.36 Å². The molecule has 0 aliphatic rings. The molecule has 0 aromatic heterocycles. The summed E-state index contributed by atoms with van der Waals surface area (Å²) in [5, 5.41) is 0. The van der Waals surface area contributed by atoms with E-state index in [0.29, 0.717) is 3.36 Å². The minimum absolute atomic E-state index is 0.120. The Labute approximate surface area is 129 Å². The lowest BCUT2D eigenvalue weighted by molar-refractivity contribution is 0.623. The van der Waals surface area contributed by atoms with Crippen molar-refractivity contribution in [1.82, 2.24) is 0 Å². The van der Waals surface area contributed by atoms with E-state index in [1.165, 1.54) is 56.2 Å². The summed E-state index contributed by atoms with van der Waals surface area (Å²) in [7, 11) is 0.260. The Hall–Kier alpha value is 1.13. The van der Waals surface area contributed by atoms with Crippen LogP contribution in [0.1, 0.15) is 52.4 Å². The van der Waals surface area contributed by atoms with Crippen LogP contribution in [0.25, 0.3) is 0 Å². The molecular weight excluding hydrogens is 372 g/mol. The Balaban J connectivity index is 3.01. The average molecular weight is 400 g/mol. The van der Waals surface area contributed by atoms with Gasteiger partial charge < -0.3 is 0 Å². The van der Waals surface area contributed by atoms with Gasteiger partial charge >= 0.3 is 0 Å². The summed E-state index contributed by atoms with van der Waals surface area (Å²) in [5.41, 5.74) is 4.03. The maximum atomic E-state index is 3.58. The van der Waals surface area contributed by atoms with Crippen molar-refractivity contribution >= 4 is 50.9 Å². The van der Waals surface area contributed by atoms with E-state index in [-0.39, 0.29) is 19.0 Å². The fraction of sp³-hybridized carbons (Fsp3) is 0.846. The first-order chi connectivity index (χ1) is 8.13. The number of allylic oxidation sites excluding steroid dienone is 1. The van der Waals surface area contributed by atoms with Gasteiger partial charge in [-0.3, -0.25) is 0 Å². The zero-order valence-corrected chi connectivity index (χ0v) is 17.5. The van der Waals surface area contributed by atoms with Crippen LogP contribution in [0.15, 0.2) is 11.3 Å². The van der Waals surface area contributed by atoms with Gasteiger partial charge in [0.15, 0.2) is 0 Å². The number of unbranched alkanes of at least 4 members (excludes halogenated alkanes) is 5. The van der Waals surface area contributed by atoms with Crippen molar-refractivity contribution < 1.29 is 0 Å². The summed E-state index contributed by atoms with van der Waals surface area (Å²) in [6.07, 6.45) is 8.82. The molecule has 0 nitrogen and oxygen atoms in total. The Morgan fingerprint density at radius 3 is 2.00 bits per heavy atom. The molecule has 0 spiro atoms. The van der Waals surface area contributed by atoms with Crippen molar-refractivity contribution in [2.45, 2.75) is 67.8 Å². The fourth-order valence-corrected chi connectivity index (χ4v) is 6.21. The van der Waals surface area contributed by atoms with Crippen molar-refractivity contribution in [3.63, 3.8) is 0 Å². The first-order valence-corrected chi connectivity index (χ1v) is 12.5. The second-order valence-corrected chi connectivity index (χ2v) is 14.7. The highest BCUT2D eigenvalue weighted by Gasteiger charge is 1.98. The van der Waals surface area contributed by atoms with Crippen LogP contribution in [-0.2, 0) is 0 Å². The standard InChI is InChI=1S/C13H28Br2Si2/c1-12(2)11-16-9-7-5-3-4-6-8-10-17-13(14)15/h11,13H,3-10,16-17H2,1-2H3. The molecule has 0 radical (unpaired) electrons. The topological polar surface area (TPSA) is 0 Å². The van der Waals surface area contributed by atoms with Crippen LogP contribution in [0, 0.1) is 0 Å². The van der Waals surface area contributed by atoms with Gasteiger partial charge in [-0.15, -0.1) is 5.70 Å². The minimum atomic E-state index is 0.120. The number of halogens is 2. The second-order valence-electron chi connectivity index (χ2n) is 5.08. The number of hydrogen-bond acceptors (Lipinski definition) is 0. The highest BCUT2D eigenvalue weighted by atomic mass is 79.9. The smallest absolute Gasteiger partial charge is 0.0551 e. The van der Waals surface area contributed by atoms with Crippen molar-refractivity contribution in [2.24, 2.45) is 0 Å². The van der Waals surface area contributed by atoms with Crippen LogP contribution in [0.5, 0.6) is 0 Å². The summed E-state index contributed by atoms with van der Waals surface area (Å²) < 4.78 is 0.662. The second kappa shape index (κ2) is 13.6. The Kier molecular flexibility index (Phi) is 14.5. The normalized spacial score (nSPS) is 12.3. The first kappa shape index (κ1) is 18.1. The third-order valence-corrected chi connectivity index (χ3v) is 9.03. The zero-order chi connectivity index (χ0) is 12.9. The highest BCUT2D eigenvalue weighted by Crippen LogP contribution is 2.12. The Morgan fingerprint density at radius 2 is 1.47 bits per heavy atom. The van der Waals surface area contributed by atoms with E-state index in [0.717, 1.165) is 0 Å². The van der Waals surface area contributed by atoms with Gasteiger partial charge in [0.2, 0.25) is 0 Å². The third-order valence-electron chi connectivity index (χ3n) is 2.93. The molecule has 0 aromatic rings. The van der Waals surface area contributed by atoms with E-state index in [9.17, 15) is 0 Å². The van der Waals surface area contributed by atoms with Crippen LogP contribution in [-0.4, -0.2) is 22.4 Å². The summed E-state index contributed by atoms with van der Waals surface area (Å²) in [6, 6.07) is 3.02. The molecule has 4 heteroatoms. The number of hydrogen-bond donors (Lipinski definition) is 0. The van der Waals surface area contributed by atoms with E-state index < -0.39 is 0 Å². The molecule has 0 aliphatic heterocycles. The number of rotatable bonds is 11. The van der Waals surface area contributed by atoms with Crippen LogP contribution >= 0.6 is 31.9 Å². The molecule has 0 saturated heterocycles. The molecule has 0 heterocycles. The van der Waals surface area contributed by atoms with E-state index in [4.69, 9.17) is 0 Å². The summed E-state index contributed by atoms with van der Waals surface area (Å²) in [5.74, 6) is 0. The van der Waals surface area contributed by atoms with Crippen molar-refractivity contribution in [3.05, 3.63) is 11.3 Å². The van der Waals surface area contributed by atoms with Gasteiger partial charge in [-0.1, -0.05) is 88.0 Å².